The second-order valence-electron chi connectivity index (χ2n) is 5.52. The summed E-state index contributed by atoms with van der Waals surface area (Å²) in [6.07, 6.45) is 7.23. The van der Waals surface area contributed by atoms with Crippen molar-refractivity contribution in [3.8, 4) is 5.75 Å². The lowest BCUT2D eigenvalue weighted by Gasteiger charge is -2.17. The van der Waals surface area contributed by atoms with E-state index >= 15 is 0 Å². The number of ether oxygens (including phenoxy) is 1. The average molecular weight is 350 g/mol. The molecular formula is C16H20BrN3O. The molecule has 5 heteroatoms. The molecule has 1 aromatic heterocycles. The first kappa shape index (κ1) is 14.4. The Bertz CT molecular complexity index is 632. The standard InChI is InChI=1S/C16H20BrN3O/c1-11-10-20(13-5-3-4-6-13)16(18-11)19-14-9-12(17)7-8-15(14)21-2/h7-10,13H,3-6H2,1-2H3,(H,18,19). The van der Waals surface area contributed by atoms with Crippen LogP contribution in [0.2, 0.25) is 0 Å². The number of hydrogen-bond acceptors (Lipinski definition) is 3. The first-order valence-corrected chi connectivity index (χ1v) is 8.12. The van der Waals surface area contributed by atoms with Gasteiger partial charge in [0, 0.05) is 16.7 Å². The molecule has 1 saturated carbocycles. The summed E-state index contributed by atoms with van der Waals surface area (Å²) in [5.41, 5.74) is 1.97. The molecule has 4 nitrogen and oxygen atoms in total. The van der Waals surface area contributed by atoms with E-state index in [0.717, 1.165) is 27.6 Å². The minimum atomic E-state index is 0.562. The van der Waals surface area contributed by atoms with Gasteiger partial charge in [0.05, 0.1) is 18.5 Å². The number of aryl methyl sites for hydroxylation is 1. The molecule has 2 aromatic rings. The molecule has 0 aliphatic heterocycles. The van der Waals surface area contributed by atoms with Gasteiger partial charge in [-0.05, 0) is 38.0 Å². The molecule has 1 aliphatic rings. The SMILES string of the molecule is COc1ccc(Br)cc1Nc1nc(C)cn1C1CCCC1. The number of hydrogen-bond donors (Lipinski definition) is 1. The maximum Gasteiger partial charge on any atom is 0.207 e. The molecule has 1 aromatic carbocycles. The van der Waals surface area contributed by atoms with Crippen molar-refractivity contribution < 1.29 is 4.74 Å². The van der Waals surface area contributed by atoms with E-state index in [-0.39, 0.29) is 0 Å². The highest BCUT2D eigenvalue weighted by atomic mass is 79.9. The molecule has 0 bridgehead atoms. The van der Waals surface area contributed by atoms with Crippen molar-refractivity contribution in [1.29, 1.82) is 0 Å². The number of imidazole rings is 1. The van der Waals surface area contributed by atoms with Crippen LogP contribution < -0.4 is 10.1 Å². The number of benzene rings is 1. The molecule has 1 fully saturated rings. The van der Waals surface area contributed by atoms with E-state index in [4.69, 9.17) is 4.74 Å². The van der Waals surface area contributed by atoms with Gasteiger partial charge in [0.1, 0.15) is 5.75 Å². The number of rotatable bonds is 4. The van der Waals surface area contributed by atoms with Crippen LogP contribution in [0.25, 0.3) is 0 Å². The van der Waals surface area contributed by atoms with Gasteiger partial charge in [-0.2, -0.15) is 0 Å². The zero-order valence-electron chi connectivity index (χ0n) is 12.4. The highest BCUT2D eigenvalue weighted by Crippen LogP contribution is 2.35. The van der Waals surface area contributed by atoms with Crippen LogP contribution in [0.5, 0.6) is 5.75 Å². The maximum atomic E-state index is 5.42. The Morgan fingerprint density at radius 2 is 2.10 bits per heavy atom. The molecule has 1 aliphatic carbocycles. The first-order chi connectivity index (χ1) is 10.2. The summed E-state index contributed by atoms with van der Waals surface area (Å²) in [5.74, 6) is 1.72. The van der Waals surface area contributed by atoms with Crippen LogP contribution in [0.3, 0.4) is 0 Å². The quantitative estimate of drug-likeness (QED) is 0.859. The fourth-order valence-corrected chi connectivity index (χ4v) is 3.33. The van der Waals surface area contributed by atoms with E-state index in [1.807, 2.05) is 25.1 Å². The molecule has 0 atom stereocenters. The van der Waals surface area contributed by atoms with E-state index < -0.39 is 0 Å². The Labute approximate surface area is 133 Å². The topological polar surface area (TPSA) is 39.1 Å². The second-order valence-corrected chi connectivity index (χ2v) is 6.44. The summed E-state index contributed by atoms with van der Waals surface area (Å²) >= 11 is 3.51. The van der Waals surface area contributed by atoms with Crippen molar-refractivity contribution in [2.45, 2.75) is 38.6 Å². The maximum absolute atomic E-state index is 5.42. The largest absolute Gasteiger partial charge is 0.495 e. The van der Waals surface area contributed by atoms with E-state index in [2.05, 4.69) is 37.0 Å². The van der Waals surface area contributed by atoms with Crippen molar-refractivity contribution in [3.05, 3.63) is 34.6 Å². The fraction of sp³-hybridized carbons (Fsp3) is 0.438. The summed E-state index contributed by atoms with van der Waals surface area (Å²) < 4.78 is 8.72. The monoisotopic (exact) mass is 349 g/mol. The number of aromatic nitrogens is 2. The van der Waals surface area contributed by atoms with Gasteiger partial charge in [-0.3, -0.25) is 0 Å². The lowest BCUT2D eigenvalue weighted by atomic mass is 10.2. The first-order valence-electron chi connectivity index (χ1n) is 7.33. The third kappa shape index (κ3) is 3.07. The molecule has 0 unspecified atom stereocenters. The molecule has 21 heavy (non-hydrogen) atoms. The minimum Gasteiger partial charge on any atom is -0.495 e. The van der Waals surface area contributed by atoms with Gasteiger partial charge in [0.2, 0.25) is 5.95 Å². The lowest BCUT2D eigenvalue weighted by Crippen LogP contribution is -2.08. The predicted octanol–water partition coefficient (Wildman–Crippen LogP) is 4.82. The Balaban J connectivity index is 1.93. The second kappa shape index (κ2) is 6.10. The van der Waals surface area contributed by atoms with Crippen LogP contribution in [0.15, 0.2) is 28.9 Å². The Kier molecular flexibility index (Phi) is 4.19. The van der Waals surface area contributed by atoms with Gasteiger partial charge in [-0.15, -0.1) is 0 Å². The summed E-state index contributed by atoms with van der Waals surface area (Å²) in [5, 5.41) is 3.43. The van der Waals surface area contributed by atoms with Gasteiger partial charge in [0.15, 0.2) is 0 Å². The van der Waals surface area contributed by atoms with Gasteiger partial charge in [0.25, 0.3) is 0 Å². The van der Waals surface area contributed by atoms with E-state index in [1.165, 1.54) is 25.7 Å². The predicted molar refractivity (Wildman–Crippen MR) is 88.4 cm³/mol. The fourth-order valence-electron chi connectivity index (χ4n) is 2.97. The number of halogens is 1. The Morgan fingerprint density at radius 3 is 2.81 bits per heavy atom. The van der Waals surface area contributed by atoms with Crippen LogP contribution in [0, 0.1) is 6.92 Å². The molecule has 0 amide bonds. The molecule has 0 saturated heterocycles. The normalized spacial score (nSPS) is 15.4. The third-order valence-electron chi connectivity index (χ3n) is 3.98. The van der Waals surface area contributed by atoms with Crippen LogP contribution in [-0.2, 0) is 0 Å². The average Bonchev–Trinajstić information content (AvgIpc) is 3.08. The van der Waals surface area contributed by atoms with Gasteiger partial charge < -0.3 is 14.6 Å². The van der Waals surface area contributed by atoms with Crippen molar-refractivity contribution in [2.75, 3.05) is 12.4 Å². The number of anilines is 2. The van der Waals surface area contributed by atoms with Gasteiger partial charge >= 0.3 is 0 Å². The smallest absolute Gasteiger partial charge is 0.207 e. The molecular weight excluding hydrogens is 330 g/mol. The number of nitrogens with one attached hydrogen (secondary N) is 1. The van der Waals surface area contributed by atoms with Crippen LogP contribution >= 0.6 is 15.9 Å². The lowest BCUT2D eigenvalue weighted by molar-refractivity contribution is 0.416. The molecule has 3 rings (SSSR count). The highest BCUT2D eigenvalue weighted by molar-refractivity contribution is 9.10. The summed E-state index contributed by atoms with van der Waals surface area (Å²) in [7, 11) is 1.68. The van der Waals surface area contributed by atoms with E-state index in [9.17, 15) is 0 Å². The molecule has 0 radical (unpaired) electrons. The van der Waals surface area contributed by atoms with Crippen LogP contribution in [0.1, 0.15) is 37.4 Å². The van der Waals surface area contributed by atoms with E-state index in [1.54, 1.807) is 7.11 Å². The summed E-state index contributed by atoms with van der Waals surface area (Å²) in [4.78, 5) is 4.64. The van der Waals surface area contributed by atoms with E-state index in [0.29, 0.717) is 6.04 Å². The Morgan fingerprint density at radius 1 is 1.33 bits per heavy atom. The van der Waals surface area contributed by atoms with Gasteiger partial charge in [-0.25, -0.2) is 4.98 Å². The summed E-state index contributed by atoms with van der Waals surface area (Å²) in [6.45, 7) is 2.04. The van der Waals surface area contributed by atoms with Crippen molar-refractivity contribution in [1.82, 2.24) is 9.55 Å². The molecule has 112 valence electrons. The third-order valence-corrected chi connectivity index (χ3v) is 4.47. The molecule has 0 spiro atoms. The van der Waals surface area contributed by atoms with Crippen molar-refractivity contribution in [2.24, 2.45) is 0 Å². The molecule has 1 heterocycles. The molecule has 1 N–H and O–H groups in total. The van der Waals surface area contributed by atoms with Gasteiger partial charge in [-0.1, -0.05) is 28.8 Å². The number of nitrogens with zero attached hydrogens (tertiary/aromatic N) is 2. The van der Waals surface area contributed by atoms with Crippen molar-refractivity contribution in [3.63, 3.8) is 0 Å². The van der Waals surface area contributed by atoms with Crippen LogP contribution in [0.4, 0.5) is 11.6 Å². The zero-order valence-corrected chi connectivity index (χ0v) is 14.0. The number of methoxy groups -OCH3 is 1. The highest BCUT2D eigenvalue weighted by Gasteiger charge is 2.20. The zero-order chi connectivity index (χ0) is 14.8. The van der Waals surface area contributed by atoms with Crippen molar-refractivity contribution >= 4 is 27.6 Å². The van der Waals surface area contributed by atoms with Crippen LogP contribution in [-0.4, -0.2) is 16.7 Å². The Hall–Kier alpha value is -1.49. The summed E-state index contributed by atoms with van der Waals surface area (Å²) in [6, 6.07) is 6.50. The minimum absolute atomic E-state index is 0.562.